The number of hydrogen-bond donors (Lipinski definition) is 3. The number of aliphatic hydroxyl groups is 1. The molecule has 3 N–H and O–H groups in total. The Labute approximate surface area is 136 Å². The molecule has 0 saturated carbocycles. The van der Waals surface area contributed by atoms with E-state index in [4.69, 9.17) is 0 Å². The highest BCUT2D eigenvalue weighted by molar-refractivity contribution is 5.73. The van der Waals surface area contributed by atoms with Crippen molar-refractivity contribution < 1.29 is 9.90 Å². The van der Waals surface area contributed by atoms with Gasteiger partial charge in [-0.2, -0.15) is 0 Å². The van der Waals surface area contributed by atoms with Crippen LogP contribution in [0.15, 0.2) is 24.4 Å². The lowest BCUT2D eigenvalue weighted by Gasteiger charge is -2.29. The van der Waals surface area contributed by atoms with Gasteiger partial charge in [-0.1, -0.05) is 26.3 Å². The lowest BCUT2D eigenvalue weighted by atomic mass is 9.89. The van der Waals surface area contributed by atoms with Gasteiger partial charge >= 0.3 is 6.03 Å². The van der Waals surface area contributed by atoms with Crippen molar-refractivity contribution in [1.82, 2.24) is 20.0 Å². The molecule has 2 unspecified atom stereocenters. The Morgan fingerprint density at radius 1 is 1.43 bits per heavy atom. The maximum atomic E-state index is 11.9. The SMILES string of the molecule is CCC(C)C(C)(O)CNC(=O)NCc1cn2c(C)cccc2n1. The van der Waals surface area contributed by atoms with Gasteiger partial charge in [0, 0.05) is 18.4 Å². The summed E-state index contributed by atoms with van der Waals surface area (Å²) >= 11 is 0. The van der Waals surface area contributed by atoms with Gasteiger partial charge in [-0.05, 0) is 31.9 Å². The van der Waals surface area contributed by atoms with E-state index < -0.39 is 5.60 Å². The zero-order valence-electron chi connectivity index (χ0n) is 14.3. The van der Waals surface area contributed by atoms with E-state index in [0.29, 0.717) is 6.54 Å². The van der Waals surface area contributed by atoms with Crippen molar-refractivity contribution in [2.75, 3.05) is 6.54 Å². The molecule has 6 heteroatoms. The van der Waals surface area contributed by atoms with Gasteiger partial charge in [-0.15, -0.1) is 0 Å². The van der Waals surface area contributed by atoms with E-state index in [0.717, 1.165) is 23.5 Å². The second kappa shape index (κ2) is 7.00. The number of nitrogens with zero attached hydrogens (tertiary/aromatic N) is 2. The van der Waals surface area contributed by atoms with Crippen molar-refractivity contribution >= 4 is 11.7 Å². The third-order valence-electron chi connectivity index (χ3n) is 4.46. The van der Waals surface area contributed by atoms with E-state index in [1.54, 1.807) is 6.92 Å². The minimum Gasteiger partial charge on any atom is -0.388 e. The number of imidazole rings is 1. The normalized spacial score (nSPS) is 15.2. The highest BCUT2D eigenvalue weighted by Gasteiger charge is 2.27. The summed E-state index contributed by atoms with van der Waals surface area (Å²) in [6.07, 6.45) is 2.77. The van der Waals surface area contributed by atoms with Gasteiger partial charge in [0.1, 0.15) is 5.65 Å². The predicted molar refractivity (Wildman–Crippen MR) is 90.2 cm³/mol. The summed E-state index contributed by atoms with van der Waals surface area (Å²) in [5.41, 5.74) is 1.84. The molecule has 0 aliphatic heterocycles. The second-order valence-electron chi connectivity index (χ2n) is 6.33. The second-order valence-corrected chi connectivity index (χ2v) is 6.33. The molecule has 2 aromatic rings. The summed E-state index contributed by atoms with van der Waals surface area (Å²) in [4.78, 5) is 16.4. The van der Waals surface area contributed by atoms with Gasteiger partial charge < -0.3 is 20.1 Å². The molecule has 0 bridgehead atoms. The Hall–Kier alpha value is -2.08. The molecular formula is C17H26N4O2. The standard InChI is InChI=1S/C17H26N4O2/c1-5-12(2)17(4,23)11-19-16(22)18-9-14-10-21-13(3)7-6-8-15(21)20-14/h6-8,10,12,23H,5,9,11H2,1-4H3,(H2,18,19,22). The molecule has 2 aromatic heterocycles. The lowest BCUT2D eigenvalue weighted by molar-refractivity contribution is 0.00790. The van der Waals surface area contributed by atoms with Crippen LogP contribution in [-0.2, 0) is 6.54 Å². The minimum atomic E-state index is -0.910. The van der Waals surface area contributed by atoms with Crippen LogP contribution in [0.2, 0.25) is 0 Å². The number of nitrogens with one attached hydrogen (secondary N) is 2. The highest BCUT2D eigenvalue weighted by Crippen LogP contribution is 2.18. The molecule has 0 saturated heterocycles. The fraction of sp³-hybridized carbons (Fsp3) is 0.529. The number of carbonyl (C=O) groups is 1. The summed E-state index contributed by atoms with van der Waals surface area (Å²) in [6.45, 7) is 8.31. The van der Waals surface area contributed by atoms with E-state index in [1.807, 2.05) is 49.6 Å². The first-order chi connectivity index (χ1) is 10.8. The molecule has 0 radical (unpaired) electrons. The van der Waals surface area contributed by atoms with Crippen molar-refractivity contribution in [3.05, 3.63) is 35.8 Å². The van der Waals surface area contributed by atoms with Gasteiger partial charge in [0.15, 0.2) is 0 Å². The number of carbonyl (C=O) groups excluding carboxylic acids is 1. The predicted octanol–water partition coefficient (Wildman–Crippen LogP) is 2.24. The Balaban J connectivity index is 1.87. The molecule has 0 fully saturated rings. The molecule has 2 rings (SSSR count). The first-order valence-electron chi connectivity index (χ1n) is 8.01. The molecule has 2 heterocycles. The first-order valence-corrected chi connectivity index (χ1v) is 8.01. The number of hydrogen-bond acceptors (Lipinski definition) is 3. The molecule has 23 heavy (non-hydrogen) atoms. The smallest absolute Gasteiger partial charge is 0.315 e. The topological polar surface area (TPSA) is 78.7 Å². The van der Waals surface area contributed by atoms with Crippen LogP contribution in [0, 0.1) is 12.8 Å². The summed E-state index contributed by atoms with van der Waals surface area (Å²) in [6, 6.07) is 5.59. The summed E-state index contributed by atoms with van der Waals surface area (Å²) in [7, 11) is 0. The van der Waals surface area contributed by atoms with E-state index >= 15 is 0 Å². The van der Waals surface area contributed by atoms with Gasteiger partial charge in [0.25, 0.3) is 0 Å². The molecule has 0 aliphatic carbocycles. The number of aromatic nitrogens is 2. The average molecular weight is 318 g/mol. The third kappa shape index (κ3) is 4.22. The van der Waals surface area contributed by atoms with Crippen molar-refractivity contribution in [2.24, 2.45) is 5.92 Å². The van der Waals surface area contributed by atoms with E-state index in [2.05, 4.69) is 15.6 Å². The summed E-state index contributed by atoms with van der Waals surface area (Å²) in [5, 5.41) is 15.8. The zero-order valence-corrected chi connectivity index (χ0v) is 14.3. The van der Waals surface area contributed by atoms with Crippen molar-refractivity contribution in [2.45, 2.75) is 46.3 Å². The lowest BCUT2D eigenvalue weighted by Crippen LogP contribution is -2.47. The Bertz CT molecular complexity index is 678. The first kappa shape index (κ1) is 17.3. The zero-order chi connectivity index (χ0) is 17.0. The van der Waals surface area contributed by atoms with Crippen LogP contribution in [0.25, 0.3) is 5.65 Å². The average Bonchev–Trinajstić information content (AvgIpc) is 2.94. The number of rotatable bonds is 6. The number of amides is 2. The number of pyridine rings is 1. The molecule has 126 valence electrons. The quantitative estimate of drug-likeness (QED) is 0.764. The summed E-state index contributed by atoms with van der Waals surface area (Å²) in [5.74, 6) is 0.115. The van der Waals surface area contributed by atoms with Crippen LogP contribution in [-0.4, -0.2) is 32.7 Å². The van der Waals surface area contributed by atoms with Crippen molar-refractivity contribution in [3.8, 4) is 0 Å². The molecular weight excluding hydrogens is 292 g/mol. The van der Waals surface area contributed by atoms with Crippen LogP contribution < -0.4 is 10.6 Å². The van der Waals surface area contributed by atoms with Crippen LogP contribution in [0.5, 0.6) is 0 Å². The Morgan fingerprint density at radius 2 is 2.17 bits per heavy atom. The maximum Gasteiger partial charge on any atom is 0.315 e. The molecule has 2 atom stereocenters. The van der Waals surface area contributed by atoms with Crippen molar-refractivity contribution in [3.63, 3.8) is 0 Å². The van der Waals surface area contributed by atoms with Crippen LogP contribution in [0.1, 0.15) is 38.6 Å². The Kier molecular flexibility index (Phi) is 5.26. The number of aryl methyl sites for hydroxylation is 1. The maximum absolute atomic E-state index is 11.9. The molecule has 6 nitrogen and oxygen atoms in total. The van der Waals surface area contributed by atoms with Gasteiger partial charge in [0.2, 0.25) is 0 Å². The van der Waals surface area contributed by atoms with Gasteiger partial charge in [-0.25, -0.2) is 9.78 Å². The molecule has 2 amide bonds. The van der Waals surface area contributed by atoms with Gasteiger partial charge in [0.05, 0.1) is 17.8 Å². The minimum absolute atomic E-state index is 0.115. The highest BCUT2D eigenvalue weighted by atomic mass is 16.3. The number of fused-ring (bicyclic) bond motifs is 1. The molecule has 0 aromatic carbocycles. The van der Waals surface area contributed by atoms with Crippen LogP contribution >= 0.6 is 0 Å². The monoisotopic (exact) mass is 318 g/mol. The third-order valence-corrected chi connectivity index (χ3v) is 4.46. The van der Waals surface area contributed by atoms with Crippen molar-refractivity contribution in [1.29, 1.82) is 0 Å². The van der Waals surface area contributed by atoms with Crippen LogP contribution in [0.4, 0.5) is 4.79 Å². The molecule has 0 aliphatic rings. The van der Waals surface area contributed by atoms with Crippen LogP contribution in [0.3, 0.4) is 0 Å². The number of urea groups is 1. The summed E-state index contributed by atoms with van der Waals surface area (Å²) < 4.78 is 1.99. The van der Waals surface area contributed by atoms with Gasteiger partial charge in [-0.3, -0.25) is 0 Å². The fourth-order valence-electron chi connectivity index (χ4n) is 2.39. The largest absolute Gasteiger partial charge is 0.388 e. The molecule has 0 spiro atoms. The fourth-order valence-corrected chi connectivity index (χ4v) is 2.39. The van der Waals surface area contributed by atoms with E-state index in [-0.39, 0.29) is 18.5 Å². The van der Waals surface area contributed by atoms with E-state index in [1.165, 1.54) is 0 Å². The van der Waals surface area contributed by atoms with E-state index in [9.17, 15) is 9.90 Å². The Morgan fingerprint density at radius 3 is 2.83 bits per heavy atom.